The second kappa shape index (κ2) is 7.84. The van der Waals surface area contributed by atoms with E-state index in [1.54, 1.807) is 13.0 Å². The monoisotopic (exact) mass is 280 g/mol. The zero-order valence-corrected chi connectivity index (χ0v) is 10.5. The molecule has 0 aliphatic rings. The number of amides is 1. The minimum absolute atomic E-state index is 0. The third-order valence-corrected chi connectivity index (χ3v) is 1.85. The molecule has 0 aromatic heterocycles. The average molecular weight is 281 g/mol. The number of halogens is 3. The van der Waals surface area contributed by atoms with Gasteiger partial charge in [-0.25, -0.2) is 0 Å². The number of ether oxygens (including phenoxy) is 1. The van der Waals surface area contributed by atoms with Gasteiger partial charge in [0, 0.05) is 24.2 Å². The molecule has 0 aliphatic heterocycles. The highest BCUT2D eigenvalue weighted by atomic mass is 35.5. The quantitative estimate of drug-likeness (QED) is 0.870. The van der Waals surface area contributed by atoms with Gasteiger partial charge in [0.25, 0.3) is 0 Å². The van der Waals surface area contributed by atoms with Crippen LogP contribution in [0.2, 0.25) is 0 Å². The Morgan fingerprint density at radius 3 is 2.72 bits per heavy atom. The predicted octanol–water partition coefficient (Wildman–Crippen LogP) is 2.39. The van der Waals surface area contributed by atoms with Crippen LogP contribution in [0.4, 0.5) is 14.5 Å². The molecule has 4 nitrogen and oxygen atoms in total. The van der Waals surface area contributed by atoms with Crippen LogP contribution in [-0.2, 0) is 4.79 Å². The number of hydrogen-bond acceptors (Lipinski definition) is 3. The SMILES string of the molecule is CC(N)CC(=O)Nc1cccc(OC(F)F)c1.Cl. The van der Waals surface area contributed by atoms with Crippen molar-refractivity contribution < 1.29 is 18.3 Å². The van der Waals surface area contributed by atoms with Crippen molar-refractivity contribution in [1.82, 2.24) is 0 Å². The van der Waals surface area contributed by atoms with Crippen LogP contribution in [0, 0.1) is 0 Å². The van der Waals surface area contributed by atoms with Crippen molar-refractivity contribution in [3.05, 3.63) is 24.3 Å². The number of rotatable bonds is 5. The Kier molecular flexibility index (Phi) is 7.23. The highest BCUT2D eigenvalue weighted by Gasteiger charge is 2.08. The summed E-state index contributed by atoms with van der Waals surface area (Å²) in [5.41, 5.74) is 5.86. The van der Waals surface area contributed by atoms with Crippen molar-refractivity contribution >= 4 is 24.0 Å². The lowest BCUT2D eigenvalue weighted by Gasteiger charge is -2.09. The minimum Gasteiger partial charge on any atom is -0.435 e. The van der Waals surface area contributed by atoms with Crippen LogP contribution in [-0.4, -0.2) is 18.6 Å². The summed E-state index contributed by atoms with van der Waals surface area (Å²) in [7, 11) is 0. The van der Waals surface area contributed by atoms with E-state index in [0.717, 1.165) is 0 Å². The van der Waals surface area contributed by atoms with Crippen LogP contribution in [0.25, 0.3) is 0 Å². The van der Waals surface area contributed by atoms with E-state index in [1.807, 2.05) is 0 Å². The molecular formula is C11H15ClF2N2O2. The first-order valence-electron chi connectivity index (χ1n) is 5.07. The van der Waals surface area contributed by atoms with Crippen molar-refractivity contribution in [3.8, 4) is 5.75 Å². The van der Waals surface area contributed by atoms with E-state index < -0.39 is 6.61 Å². The van der Waals surface area contributed by atoms with Gasteiger partial charge >= 0.3 is 6.61 Å². The highest BCUT2D eigenvalue weighted by Crippen LogP contribution is 2.19. The number of anilines is 1. The summed E-state index contributed by atoms with van der Waals surface area (Å²) in [5, 5.41) is 2.54. The third kappa shape index (κ3) is 6.36. The van der Waals surface area contributed by atoms with Crippen LogP contribution >= 0.6 is 12.4 Å². The molecule has 0 heterocycles. The Morgan fingerprint density at radius 2 is 2.17 bits per heavy atom. The molecule has 1 atom stereocenters. The van der Waals surface area contributed by atoms with Gasteiger partial charge < -0.3 is 15.8 Å². The fourth-order valence-electron chi connectivity index (χ4n) is 1.25. The average Bonchev–Trinajstić information content (AvgIpc) is 2.14. The number of carbonyl (C=O) groups excluding carboxylic acids is 1. The smallest absolute Gasteiger partial charge is 0.387 e. The first kappa shape index (κ1) is 16.6. The summed E-state index contributed by atoms with van der Waals surface area (Å²) in [6, 6.07) is 5.55. The van der Waals surface area contributed by atoms with Gasteiger partial charge in [0.15, 0.2) is 0 Å². The van der Waals surface area contributed by atoms with Gasteiger partial charge in [-0.15, -0.1) is 12.4 Å². The number of carbonyl (C=O) groups is 1. The summed E-state index contributed by atoms with van der Waals surface area (Å²) in [5.74, 6) is -0.271. The summed E-state index contributed by atoms with van der Waals surface area (Å²) < 4.78 is 28.1. The van der Waals surface area contributed by atoms with E-state index in [4.69, 9.17) is 5.73 Å². The Bertz CT molecular complexity index is 389. The summed E-state index contributed by atoms with van der Waals surface area (Å²) in [6.07, 6.45) is 0.167. The maximum Gasteiger partial charge on any atom is 0.387 e. The van der Waals surface area contributed by atoms with Crippen LogP contribution in [0.1, 0.15) is 13.3 Å². The maximum atomic E-state index is 12.0. The normalized spacial score (nSPS) is 11.6. The summed E-state index contributed by atoms with van der Waals surface area (Å²) >= 11 is 0. The second-order valence-corrected chi connectivity index (χ2v) is 3.64. The molecule has 1 unspecified atom stereocenters. The molecule has 18 heavy (non-hydrogen) atoms. The van der Waals surface area contributed by atoms with E-state index in [2.05, 4.69) is 10.1 Å². The van der Waals surface area contributed by atoms with Crippen molar-refractivity contribution in [2.45, 2.75) is 26.0 Å². The molecule has 7 heteroatoms. The standard InChI is InChI=1S/C11H14F2N2O2.ClH/c1-7(14)5-10(16)15-8-3-2-4-9(6-8)17-11(12)13;/h2-4,6-7,11H,5,14H2,1H3,(H,15,16);1H. The number of nitrogens with one attached hydrogen (secondary N) is 1. The first-order chi connectivity index (χ1) is 7.97. The lowest BCUT2D eigenvalue weighted by Crippen LogP contribution is -2.23. The number of benzene rings is 1. The highest BCUT2D eigenvalue weighted by molar-refractivity contribution is 5.91. The minimum atomic E-state index is -2.88. The molecule has 0 spiro atoms. The molecule has 1 aromatic carbocycles. The number of nitrogens with two attached hydrogens (primary N) is 1. The Morgan fingerprint density at radius 1 is 1.50 bits per heavy atom. The van der Waals surface area contributed by atoms with Gasteiger partial charge in [-0.1, -0.05) is 6.07 Å². The van der Waals surface area contributed by atoms with Gasteiger partial charge in [0.05, 0.1) is 0 Å². The molecule has 1 amide bonds. The second-order valence-electron chi connectivity index (χ2n) is 3.64. The van der Waals surface area contributed by atoms with Gasteiger partial charge in [-0.05, 0) is 19.1 Å². The molecule has 0 radical (unpaired) electrons. The topological polar surface area (TPSA) is 64.4 Å². The van der Waals surface area contributed by atoms with E-state index >= 15 is 0 Å². The number of alkyl halides is 2. The molecule has 0 aliphatic carbocycles. The van der Waals surface area contributed by atoms with E-state index in [1.165, 1.54) is 18.2 Å². The van der Waals surface area contributed by atoms with E-state index in [9.17, 15) is 13.6 Å². The Balaban J connectivity index is 0.00000289. The van der Waals surface area contributed by atoms with Crippen LogP contribution in [0.15, 0.2) is 24.3 Å². The van der Waals surface area contributed by atoms with Gasteiger partial charge in [0.2, 0.25) is 5.91 Å². The van der Waals surface area contributed by atoms with Crippen LogP contribution in [0.5, 0.6) is 5.75 Å². The fraction of sp³-hybridized carbons (Fsp3) is 0.364. The van der Waals surface area contributed by atoms with Crippen molar-refractivity contribution in [3.63, 3.8) is 0 Å². The lowest BCUT2D eigenvalue weighted by atomic mass is 10.2. The zero-order valence-electron chi connectivity index (χ0n) is 9.73. The summed E-state index contributed by atoms with van der Waals surface area (Å²) in [6.45, 7) is -1.18. The number of hydrogen-bond donors (Lipinski definition) is 2. The van der Waals surface area contributed by atoms with Gasteiger partial charge in [-0.3, -0.25) is 4.79 Å². The summed E-state index contributed by atoms with van der Waals surface area (Å²) in [4.78, 5) is 11.4. The zero-order chi connectivity index (χ0) is 12.8. The van der Waals surface area contributed by atoms with Crippen molar-refractivity contribution in [1.29, 1.82) is 0 Å². The largest absolute Gasteiger partial charge is 0.435 e. The molecular weight excluding hydrogens is 266 g/mol. The maximum absolute atomic E-state index is 12.0. The van der Waals surface area contributed by atoms with Crippen LogP contribution in [0.3, 0.4) is 0 Å². The molecule has 1 rings (SSSR count). The predicted molar refractivity (Wildman–Crippen MR) is 67.2 cm³/mol. The molecule has 0 bridgehead atoms. The molecule has 3 N–H and O–H groups in total. The van der Waals surface area contributed by atoms with Gasteiger partial charge in [0.1, 0.15) is 5.75 Å². The van der Waals surface area contributed by atoms with Crippen molar-refractivity contribution in [2.24, 2.45) is 5.73 Å². The fourth-order valence-corrected chi connectivity index (χ4v) is 1.25. The Labute approximate surface area is 110 Å². The van der Waals surface area contributed by atoms with Crippen molar-refractivity contribution in [2.75, 3.05) is 5.32 Å². The Hall–Kier alpha value is -1.40. The molecule has 102 valence electrons. The molecule has 0 saturated carbocycles. The van der Waals surface area contributed by atoms with E-state index in [0.29, 0.717) is 5.69 Å². The molecule has 0 saturated heterocycles. The van der Waals surface area contributed by atoms with E-state index in [-0.39, 0.29) is 36.5 Å². The lowest BCUT2D eigenvalue weighted by molar-refractivity contribution is -0.116. The first-order valence-corrected chi connectivity index (χ1v) is 5.07. The molecule has 1 aromatic rings. The molecule has 0 fully saturated rings. The van der Waals surface area contributed by atoms with Crippen LogP contribution < -0.4 is 15.8 Å². The third-order valence-electron chi connectivity index (χ3n) is 1.85. The van der Waals surface area contributed by atoms with Gasteiger partial charge in [-0.2, -0.15) is 8.78 Å².